The third-order valence-electron chi connectivity index (χ3n) is 4.70. The first-order valence-electron chi connectivity index (χ1n) is 9.62. The van der Waals surface area contributed by atoms with Crippen molar-refractivity contribution in [3.63, 3.8) is 0 Å². The SMILES string of the molecule is COc1cc(OC)c2c(Nc3cc(S(=O)(=O)N(C)OC(=O)C(F)(F)F)c(F)cc3OC)ncnc2c1. The van der Waals surface area contributed by atoms with E-state index in [1.165, 1.54) is 27.7 Å². The summed E-state index contributed by atoms with van der Waals surface area (Å²) in [6, 6.07) is 4.54. The third kappa shape index (κ3) is 5.18. The molecule has 194 valence electrons. The van der Waals surface area contributed by atoms with Gasteiger partial charge in [-0.05, 0) is 10.5 Å². The van der Waals surface area contributed by atoms with E-state index in [0.717, 1.165) is 6.07 Å². The van der Waals surface area contributed by atoms with Gasteiger partial charge in [0, 0.05) is 25.2 Å². The Bertz CT molecular complexity index is 1420. The molecule has 0 aliphatic heterocycles. The largest absolute Gasteiger partial charge is 0.497 e. The monoisotopic (exact) mass is 534 g/mol. The van der Waals surface area contributed by atoms with Crippen LogP contribution >= 0.6 is 0 Å². The highest BCUT2D eigenvalue weighted by Crippen LogP contribution is 2.38. The summed E-state index contributed by atoms with van der Waals surface area (Å²) in [6.07, 6.45) is -4.30. The molecule has 0 spiro atoms. The Kier molecular flexibility index (Phi) is 7.40. The Morgan fingerprint density at radius 1 is 1.00 bits per heavy atom. The van der Waals surface area contributed by atoms with Crippen LogP contribution in [0, 0.1) is 5.82 Å². The molecular weight excluding hydrogens is 516 g/mol. The van der Waals surface area contributed by atoms with Crippen molar-refractivity contribution in [1.82, 2.24) is 14.4 Å². The summed E-state index contributed by atoms with van der Waals surface area (Å²) >= 11 is 0. The molecule has 3 aromatic rings. The highest BCUT2D eigenvalue weighted by Gasteiger charge is 2.44. The normalized spacial score (nSPS) is 11.9. The zero-order valence-corrected chi connectivity index (χ0v) is 19.8. The van der Waals surface area contributed by atoms with E-state index in [2.05, 4.69) is 20.1 Å². The van der Waals surface area contributed by atoms with Crippen molar-refractivity contribution < 1.29 is 49.8 Å². The summed E-state index contributed by atoms with van der Waals surface area (Å²) in [5.74, 6) is -3.59. The maximum Gasteiger partial charge on any atom is 0.492 e. The molecule has 36 heavy (non-hydrogen) atoms. The zero-order chi connectivity index (χ0) is 26.8. The minimum Gasteiger partial charge on any atom is -0.497 e. The number of hydroxylamine groups is 1. The van der Waals surface area contributed by atoms with Crippen LogP contribution in [-0.2, 0) is 19.7 Å². The van der Waals surface area contributed by atoms with Crippen molar-refractivity contribution in [3.8, 4) is 17.2 Å². The molecule has 0 atom stereocenters. The number of fused-ring (bicyclic) bond motifs is 1. The zero-order valence-electron chi connectivity index (χ0n) is 19.0. The van der Waals surface area contributed by atoms with Crippen molar-refractivity contribution in [3.05, 3.63) is 36.4 Å². The molecule has 0 aliphatic rings. The Balaban J connectivity index is 2.10. The van der Waals surface area contributed by atoms with Crippen molar-refractivity contribution in [2.24, 2.45) is 0 Å². The van der Waals surface area contributed by atoms with Gasteiger partial charge in [0.25, 0.3) is 10.0 Å². The fourth-order valence-electron chi connectivity index (χ4n) is 2.99. The van der Waals surface area contributed by atoms with Crippen LogP contribution in [0.5, 0.6) is 17.2 Å². The lowest BCUT2D eigenvalue weighted by molar-refractivity contribution is -0.219. The molecule has 0 radical (unpaired) electrons. The van der Waals surface area contributed by atoms with Crippen LogP contribution in [0.1, 0.15) is 0 Å². The molecule has 1 aromatic heterocycles. The molecule has 1 N–H and O–H groups in total. The first-order chi connectivity index (χ1) is 16.8. The fourth-order valence-corrected chi connectivity index (χ4v) is 4.00. The topological polar surface area (TPSA) is 129 Å². The molecule has 11 nitrogen and oxygen atoms in total. The van der Waals surface area contributed by atoms with Crippen LogP contribution in [0.15, 0.2) is 35.5 Å². The number of nitrogens with zero attached hydrogens (tertiary/aromatic N) is 3. The number of sulfonamides is 1. The van der Waals surface area contributed by atoms with Gasteiger partial charge < -0.3 is 24.4 Å². The smallest absolute Gasteiger partial charge is 0.492 e. The fraction of sp³-hybridized carbons (Fsp3) is 0.250. The van der Waals surface area contributed by atoms with Gasteiger partial charge in [-0.2, -0.15) is 13.2 Å². The minimum absolute atomic E-state index is 0.0876. The molecule has 16 heteroatoms. The van der Waals surface area contributed by atoms with Crippen molar-refractivity contribution in [1.29, 1.82) is 0 Å². The standard InChI is InChI=1S/C20H18F4N4O7S/c1-28(35-19(29)20(22,23)24)36(30,31)16-8-12(14(33-3)7-11(16)21)27-18-17-13(25-9-26-18)5-10(32-2)6-15(17)34-4/h5-9H,1-4H3,(H,25,26,27). The van der Waals surface area contributed by atoms with Gasteiger partial charge in [0.15, 0.2) is 0 Å². The molecule has 0 unspecified atom stereocenters. The predicted molar refractivity (Wildman–Crippen MR) is 116 cm³/mol. The number of methoxy groups -OCH3 is 3. The van der Waals surface area contributed by atoms with Gasteiger partial charge in [-0.25, -0.2) is 27.6 Å². The quantitative estimate of drug-likeness (QED) is 0.340. The summed E-state index contributed by atoms with van der Waals surface area (Å²) in [5, 5.41) is 3.13. The highest BCUT2D eigenvalue weighted by atomic mass is 32.2. The first-order valence-corrected chi connectivity index (χ1v) is 11.1. The van der Waals surface area contributed by atoms with E-state index < -0.39 is 37.4 Å². The van der Waals surface area contributed by atoms with Crippen molar-refractivity contribution in [2.75, 3.05) is 33.7 Å². The molecule has 0 bridgehead atoms. The van der Waals surface area contributed by atoms with Gasteiger partial charge in [0.1, 0.15) is 40.1 Å². The predicted octanol–water partition coefficient (Wildman–Crippen LogP) is 3.18. The van der Waals surface area contributed by atoms with Crippen molar-refractivity contribution >= 4 is 38.4 Å². The van der Waals surface area contributed by atoms with Crippen molar-refractivity contribution in [2.45, 2.75) is 11.1 Å². The second-order valence-corrected chi connectivity index (χ2v) is 8.75. The van der Waals surface area contributed by atoms with Gasteiger partial charge in [-0.15, -0.1) is 0 Å². The molecule has 3 rings (SSSR count). The van der Waals surface area contributed by atoms with Gasteiger partial charge in [0.2, 0.25) is 0 Å². The molecule has 0 saturated carbocycles. The van der Waals surface area contributed by atoms with E-state index in [0.29, 0.717) is 29.8 Å². The van der Waals surface area contributed by atoms with E-state index in [-0.39, 0.29) is 23.0 Å². The number of hydrogen-bond acceptors (Lipinski definition) is 10. The Morgan fingerprint density at radius 2 is 1.67 bits per heavy atom. The Hall–Kier alpha value is -3.92. The lowest BCUT2D eigenvalue weighted by atomic mass is 10.2. The van der Waals surface area contributed by atoms with E-state index in [1.54, 1.807) is 12.1 Å². The second kappa shape index (κ2) is 9.98. The third-order valence-corrected chi connectivity index (χ3v) is 6.32. The summed E-state index contributed by atoms with van der Waals surface area (Å²) in [4.78, 5) is 22.0. The van der Waals surface area contributed by atoms with Gasteiger partial charge >= 0.3 is 12.1 Å². The lowest BCUT2D eigenvalue weighted by Gasteiger charge is -2.19. The van der Waals surface area contributed by atoms with Crippen LogP contribution in [-0.4, -0.2) is 63.4 Å². The number of rotatable bonds is 8. The van der Waals surface area contributed by atoms with Crippen LogP contribution < -0.4 is 19.5 Å². The number of alkyl halides is 3. The number of aromatic nitrogens is 2. The van der Waals surface area contributed by atoms with Crippen LogP contribution in [0.25, 0.3) is 10.9 Å². The number of anilines is 2. The number of carbonyl (C=O) groups is 1. The molecular formula is C20H18F4N4O7S. The highest BCUT2D eigenvalue weighted by molar-refractivity contribution is 7.89. The number of hydrogen-bond donors (Lipinski definition) is 1. The van der Waals surface area contributed by atoms with Gasteiger partial charge in [-0.3, -0.25) is 0 Å². The van der Waals surface area contributed by atoms with E-state index in [9.17, 15) is 30.8 Å². The van der Waals surface area contributed by atoms with E-state index >= 15 is 0 Å². The molecule has 0 saturated heterocycles. The Morgan fingerprint density at radius 3 is 2.25 bits per heavy atom. The maximum atomic E-state index is 14.7. The average Bonchev–Trinajstić information content (AvgIpc) is 2.83. The number of nitrogens with one attached hydrogen (secondary N) is 1. The maximum absolute atomic E-state index is 14.7. The number of halogens is 4. The van der Waals surface area contributed by atoms with Gasteiger partial charge in [-0.1, -0.05) is 0 Å². The van der Waals surface area contributed by atoms with Gasteiger partial charge in [0.05, 0.1) is 37.9 Å². The number of ether oxygens (including phenoxy) is 3. The second-order valence-electron chi connectivity index (χ2n) is 6.85. The summed E-state index contributed by atoms with van der Waals surface area (Å²) < 4.78 is 92.9. The average molecular weight is 534 g/mol. The molecule has 0 aliphatic carbocycles. The number of carbonyl (C=O) groups excluding carboxylic acids is 1. The first kappa shape index (κ1) is 26.7. The number of benzene rings is 2. The molecule has 0 amide bonds. The molecule has 2 aromatic carbocycles. The van der Waals surface area contributed by atoms with E-state index in [4.69, 9.17) is 14.2 Å². The molecule has 1 heterocycles. The van der Waals surface area contributed by atoms with Crippen LogP contribution in [0.2, 0.25) is 0 Å². The van der Waals surface area contributed by atoms with Crippen LogP contribution in [0.3, 0.4) is 0 Å². The molecule has 0 fully saturated rings. The summed E-state index contributed by atoms with van der Waals surface area (Å²) in [6.45, 7) is 0. The summed E-state index contributed by atoms with van der Waals surface area (Å²) in [7, 11) is -0.581. The van der Waals surface area contributed by atoms with Crippen LogP contribution in [0.4, 0.5) is 29.1 Å². The summed E-state index contributed by atoms with van der Waals surface area (Å²) in [5.41, 5.74) is 0.224. The van der Waals surface area contributed by atoms with E-state index in [1.807, 2.05) is 0 Å². The minimum atomic E-state index is -5.48. The lowest BCUT2D eigenvalue weighted by Crippen LogP contribution is -2.36. The Labute approximate surface area is 201 Å².